The topological polar surface area (TPSA) is 41.5 Å². The maximum atomic E-state index is 9.67. The van der Waals surface area contributed by atoms with E-state index >= 15 is 0 Å². The third kappa shape index (κ3) is 3.87. The van der Waals surface area contributed by atoms with Gasteiger partial charge in [-0.3, -0.25) is 0 Å². The van der Waals surface area contributed by atoms with Crippen LogP contribution < -0.4 is 10.1 Å². The van der Waals surface area contributed by atoms with Crippen molar-refractivity contribution in [3.05, 3.63) is 23.8 Å². The molecular weight excluding hydrogens is 238 g/mol. The van der Waals surface area contributed by atoms with Crippen LogP contribution in [0.25, 0.3) is 0 Å². The van der Waals surface area contributed by atoms with Crippen molar-refractivity contribution < 1.29 is 9.84 Å². The van der Waals surface area contributed by atoms with Crippen molar-refractivity contribution in [2.24, 2.45) is 5.92 Å². The molecule has 0 saturated heterocycles. The molecule has 0 aromatic heterocycles. The number of benzene rings is 1. The zero-order valence-corrected chi connectivity index (χ0v) is 12.0. The first-order valence-electron chi connectivity index (χ1n) is 7.38. The number of phenolic OH excluding ortho intramolecular Hbond substituents is 1. The van der Waals surface area contributed by atoms with E-state index in [1.807, 2.05) is 19.1 Å². The lowest BCUT2D eigenvalue weighted by Crippen LogP contribution is -2.31. The van der Waals surface area contributed by atoms with Crippen LogP contribution in [-0.2, 0) is 6.54 Å². The lowest BCUT2D eigenvalue weighted by Gasteiger charge is -2.20. The van der Waals surface area contributed by atoms with Gasteiger partial charge in [-0.15, -0.1) is 0 Å². The Labute approximate surface area is 116 Å². The molecule has 0 amide bonds. The number of hydrogen-bond donors (Lipinski definition) is 2. The molecule has 3 nitrogen and oxygen atoms in total. The molecule has 0 radical (unpaired) electrons. The van der Waals surface area contributed by atoms with Crippen LogP contribution >= 0.6 is 0 Å². The molecule has 3 heteroatoms. The Morgan fingerprint density at radius 1 is 1.37 bits per heavy atom. The van der Waals surface area contributed by atoms with Crippen LogP contribution in [0.15, 0.2) is 18.2 Å². The zero-order chi connectivity index (χ0) is 13.7. The largest absolute Gasteiger partial charge is 0.504 e. The fraction of sp³-hybridized carbons (Fsp3) is 0.625. The number of aromatic hydroxyl groups is 1. The van der Waals surface area contributed by atoms with Gasteiger partial charge in [-0.2, -0.15) is 0 Å². The van der Waals surface area contributed by atoms with Gasteiger partial charge in [-0.25, -0.2) is 0 Å². The summed E-state index contributed by atoms with van der Waals surface area (Å²) in [5.74, 6) is 1.62. The van der Waals surface area contributed by atoms with Crippen molar-refractivity contribution in [2.75, 3.05) is 6.61 Å². The van der Waals surface area contributed by atoms with Crippen LogP contribution in [0.1, 0.15) is 45.1 Å². The van der Waals surface area contributed by atoms with Crippen LogP contribution in [0.3, 0.4) is 0 Å². The first-order valence-corrected chi connectivity index (χ1v) is 7.38. The molecule has 2 rings (SSSR count). The van der Waals surface area contributed by atoms with Crippen molar-refractivity contribution in [2.45, 2.75) is 52.1 Å². The number of phenols is 1. The van der Waals surface area contributed by atoms with Crippen LogP contribution in [0.2, 0.25) is 0 Å². The van der Waals surface area contributed by atoms with E-state index in [-0.39, 0.29) is 5.75 Å². The van der Waals surface area contributed by atoms with Crippen molar-refractivity contribution in [3.8, 4) is 11.5 Å². The van der Waals surface area contributed by atoms with Crippen LogP contribution in [-0.4, -0.2) is 17.8 Å². The molecule has 1 aliphatic rings. The SMILES string of the molecule is CCOc1cc(CNC(C)C2CCCC2)ccc1O. The summed E-state index contributed by atoms with van der Waals surface area (Å²) in [7, 11) is 0. The molecule has 1 unspecified atom stereocenters. The Kier molecular flexibility index (Phi) is 5.08. The predicted molar refractivity (Wildman–Crippen MR) is 77.5 cm³/mol. The highest BCUT2D eigenvalue weighted by Gasteiger charge is 2.20. The number of hydrogen-bond acceptors (Lipinski definition) is 3. The van der Waals surface area contributed by atoms with E-state index < -0.39 is 0 Å². The molecule has 106 valence electrons. The van der Waals surface area contributed by atoms with E-state index in [0.29, 0.717) is 18.4 Å². The van der Waals surface area contributed by atoms with E-state index in [4.69, 9.17) is 4.74 Å². The quantitative estimate of drug-likeness (QED) is 0.826. The van der Waals surface area contributed by atoms with Gasteiger partial charge < -0.3 is 15.2 Å². The number of ether oxygens (including phenoxy) is 1. The van der Waals surface area contributed by atoms with Gasteiger partial charge in [0.1, 0.15) is 0 Å². The summed E-state index contributed by atoms with van der Waals surface area (Å²) < 4.78 is 5.41. The average molecular weight is 263 g/mol. The first kappa shape index (κ1) is 14.2. The minimum atomic E-state index is 0.217. The zero-order valence-electron chi connectivity index (χ0n) is 12.0. The fourth-order valence-electron chi connectivity index (χ4n) is 2.84. The predicted octanol–water partition coefficient (Wildman–Crippen LogP) is 3.46. The van der Waals surface area contributed by atoms with Gasteiger partial charge in [0.25, 0.3) is 0 Å². The van der Waals surface area contributed by atoms with Gasteiger partial charge in [-0.1, -0.05) is 18.9 Å². The normalized spacial score (nSPS) is 17.6. The maximum absolute atomic E-state index is 9.67. The van der Waals surface area contributed by atoms with Gasteiger partial charge in [0.05, 0.1) is 6.61 Å². The monoisotopic (exact) mass is 263 g/mol. The summed E-state index contributed by atoms with van der Waals surface area (Å²) in [6.07, 6.45) is 5.47. The van der Waals surface area contributed by atoms with Gasteiger partial charge in [0, 0.05) is 12.6 Å². The minimum absolute atomic E-state index is 0.217. The highest BCUT2D eigenvalue weighted by molar-refractivity contribution is 5.41. The van der Waals surface area contributed by atoms with Crippen molar-refractivity contribution in [1.82, 2.24) is 5.32 Å². The van der Waals surface area contributed by atoms with Gasteiger partial charge in [-0.05, 0) is 50.3 Å². The maximum Gasteiger partial charge on any atom is 0.161 e. The third-order valence-corrected chi connectivity index (χ3v) is 4.06. The van der Waals surface area contributed by atoms with E-state index in [1.54, 1.807) is 6.07 Å². The van der Waals surface area contributed by atoms with Gasteiger partial charge >= 0.3 is 0 Å². The lowest BCUT2D eigenvalue weighted by atomic mass is 9.99. The summed E-state index contributed by atoms with van der Waals surface area (Å²) >= 11 is 0. The minimum Gasteiger partial charge on any atom is -0.504 e. The van der Waals surface area contributed by atoms with Crippen molar-refractivity contribution in [1.29, 1.82) is 0 Å². The molecule has 0 aliphatic heterocycles. The van der Waals surface area contributed by atoms with Crippen LogP contribution in [0, 0.1) is 5.92 Å². The second kappa shape index (κ2) is 6.80. The number of rotatable bonds is 6. The summed E-state index contributed by atoms with van der Waals surface area (Å²) in [6, 6.07) is 6.15. The summed E-state index contributed by atoms with van der Waals surface area (Å²) in [4.78, 5) is 0. The fourth-order valence-corrected chi connectivity index (χ4v) is 2.84. The Balaban J connectivity index is 1.89. The molecule has 1 aromatic rings. The molecule has 1 saturated carbocycles. The second-order valence-electron chi connectivity index (χ2n) is 5.45. The average Bonchev–Trinajstić information content (AvgIpc) is 2.93. The molecular formula is C16H25NO2. The molecule has 19 heavy (non-hydrogen) atoms. The first-order chi connectivity index (χ1) is 9.20. The molecule has 0 bridgehead atoms. The third-order valence-electron chi connectivity index (χ3n) is 4.06. The van der Waals surface area contributed by atoms with E-state index in [2.05, 4.69) is 12.2 Å². The Morgan fingerprint density at radius 3 is 2.79 bits per heavy atom. The van der Waals surface area contributed by atoms with E-state index in [0.717, 1.165) is 18.0 Å². The smallest absolute Gasteiger partial charge is 0.161 e. The highest BCUT2D eigenvalue weighted by atomic mass is 16.5. The van der Waals surface area contributed by atoms with Crippen LogP contribution in [0.5, 0.6) is 11.5 Å². The Morgan fingerprint density at radius 2 is 2.11 bits per heavy atom. The van der Waals surface area contributed by atoms with Gasteiger partial charge in [0.2, 0.25) is 0 Å². The van der Waals surface area contributed by atoms with E-state index in [1.165, 1.54) is 25.7 Å². The lowest BCUT2D eigenvalue weighted by molar-refractivity contribution is 0.317. The van der Waals surface area contributed by atoms with Crippen molar-refractivity contribution >= 4 is 0 Å². The summed E-state index contributed by atoms with van der Waals surface area (Å²) in [5.41, 5.74) is 1.16. The Hall–Kier alpha value is -1.22. The summed E-state index contributed by atoms with van der Waals surface area (Å²) in [6.45, 7) is 5.60. The summed E-state index contributed by atoms with van der Waals surface area (Å²) in [5, 5.41) is 13.3. The second-order valence-corrected chi connectivity index (χ2v) is 5.45. The molecule has 1 aromatic carbocycles. The van der Waals surface area contributed by atoms with Gasteiger partial charge in [0.15, 0.2) is 11.5 Å². The highest BCUT2D eigenvalue weighted by Crippen LogP contribution is 2.29. The molecule has 0 spiro atoms. The van der Waals surface area contributed by atoms with E-state index in [9.17, 15) is 5.11 Å². The molecule has 1 fully saturated rings. The molecule has 0 heterocycles. The number of nitrogens with one attached hydrogen (secondary N) is 1. The van der Waals surface area contributed by atoms with Crippen molar-refractivity contribution in [3.63, 3.8) is 0 Å². The Bertz CT molecular complexity index is 400. The molecule has 2 N–H and O–H groups in total. The standard InChI is InChI=1S/C16H25NO2/c1-3-19-16-10-13(8-9-15(16)18)11-17-12(2)14-6-4-5-7-14/h8-10,12,14,17-18H,3-7,11H2,1-2H3. The molecule has 1 atom stereocenters. The molecule has 1 aliphatic carbocycles. The van der Waals surface area contributed by atoms with Crippen LogP contribution in [0.4, 0.5) is 0 Å².